The number of carbonyl (C=O) groups excluding carboxylic acids is 2. The highest BCUT2D eigenvalue weighted by Crippen LogP contribution is 2.25. The molecule has 1 aliphatic heterocycles. The van der Waals surface area contributed by atoms with Crippen LogP contribution in [0, 0.1) is 12.7 Å². The molecule has 1 heterocycles. The molecule has 1 fully saturated rings. The summed E-state index contributed by atoms with van der Waals surface area (Å²) in [6.45, 7) is 2.25. The van der Waals surface area contributed by atoms with Crippen molar-refractivity contribution >= 4 is 23.3 Å². The van der Waals surface area contributed by atoms with Gasteiger partial charge in [0, 0.05) is 18.7 Å². The maximum atomic E-state index is 13.0. The number of halogens is 1. The second-order valence-corrected chi connectivity index (χ2v) is 6.18. The largest absolute Gasteiger partial charge is 0.495 e. The van der Waals surface area contributed by atoms with E-state index in [1.807, 2.05) is 19.1 Å². The lowest BCUT2D eigenvalue weighted by atomic mass is 10.2. The summed E-state index contributed by atoms with van der Waals surface area (Å²) in [5.74, 6) is 0.0813. The van der Waals surface area contributed by atoms with E-state index in [0.717, 1.165) is 5.56 Å². The number of anilines is 2. The number of nitrogens with one attached hydrogen (secondary N) is 2. The second kappa shape index (κ2) is 7.43. The van der Waals surface area contributed by atoms with E-state index >= 15 is 0 Å². The molecule has 7 heteroatoms. The van der Waals surface area contributed by atoms with E-state index in [-0.39, 0.29) is 24.2 Å². The molecule has 2 aromatic rings. The van der Waals surface area contributed by atoms with Gasteiger partial charge in [0.2, 0.25) is 5.91 Å². The van der Waals surface area contributed by atoms with E-state index in [2.05, 4.69) is 10.6 Å². The first-order valence-corrected chi connectivity index (χ1v) is 8.24. The molecule has 0 aromatic heterocycles. The quantitative estimate of drug-likeness (QED) is 0.883. The Hall–Kier alpha value is -3.09. The minimum atomic E-state index is -0.410. The fourth-order valence-corrected chi connectivity index (χ4v) is 2.94. The standard InChI is InChI=1S/C19H20FN3O3/c1-12-3-8-17(26-2)16(9-12)22-19(25)21-14-10-18(24)23(11-14)15-6-4-13(20)5-7-15/h3-9,14H,10-11H2,1-2H3,(H2,21,22,25). The number of hydrogen-bond donors (Lipinski definition) is 2. The molecule has 3 rings (SSSR count). The summed E-state index contributed by atoms with van der Waals surface area (Å²) in [6.07, 6.45) is 0.190. The summed E-state index contributed by atoms with van der Waals surface area (Å²) < 4.78 is 18.3. The predicted molar refractivity (Wildman–Crippen MR) is 97.0 cm³/mol. The first-order valence-electron chi connectivity index (χ1n) is 8.24. The maximum absolute atomic E-state index is 13.0. The van der Waals surface area contributed by atoms with Gasteiger partial charge in [-0.1, -0.05) is 6.07 Å². The topological polar surface area (TPSA) is 70.7 Å². The Kier molecular flexibility index (Phi) is 5.06. The molecule has 2 aromatic carbocycles. The highest BCUT2D eigenvalue weighted by Gasteiger charge is 2.31. The van der Waals surface area contributed by atoms with Crippen LogP contribution in [-0.4, -0.2) is 31.6 Å². The van der Waals surface area contributed by atoms with Crippen molar-refractivity contribution in [1.82, 2.24) is 5.32 Å². The van der Waals surface area contributed by atoms with Crippen LogP contribution in [0.15, 0.2) is 42.5 Å². The van der Waals surface area contributed by atoms with Crippen LogP contribution in [0.3, 0.4) is 0 Å². The number of carbonyl (C=O) groups is 2. The van der Waals surface area contributed by atoms with Gasteiger partial charge in [-0.3, -0.25) is 4.79 Å². The molecule has 136 valence electrons. The van der Waals surface area contributed by atoms with E-state index in [9.17, 15) is 14.0 Å². The van der Waals surface area contributed by atoms with Crippen LogP contribution in [0.4, 0.5) is 20.6 Å². The normalized spacial score (nSPS) is 16.5. The summed E-state index contributed by atoms with van der Waals surface area (Å²) in [5, 5.41) is 5.55. The summed E-state index contributed by atoms with van der Waals surface area (Å²) in [7, 11) is 1.53. The molecule has 26 heavy (non-hydrogen) atoms. The highest BCUT2D eigenvalue weighted by molar-refractivity contribution is 5.98. The number of amides is 3. The zero-order valence-corrected chi connectivity index (χ0v) is 14.6. The highest BCUT2D eigenvalue weighted by atomic mass is 19.1. The van der Waals surface area contributed by atoms with Crippen molar-refractivity contribution < 1.29 is 18.7 Å². The van der Waals surface area contributed by atoms with Crippen LogP contribution in [0.1, 0.15) is 12.0 Å². The van der Waals surface area contributed by atoms with Crippen molar-refractivity contribution in [1.29, 1.82) is 0 Å². The molecule has 6 nitrogen and oxygen atoms in total. The summed E-state index contributed by atoms with van der Waals surface area (Å²) in [6, 6.07) is 10.4. The lowest BCUT2D eigenvalue weighted by molar-refractivity contribution is -0.117. The SMILES string of the molecule is COc1ccc(C)cc1NC(=O)NC1CC(=O)N(c2ccc(F)cc2)C1. The van der Waals surface area contributed by atoms with Gasteiger partial charge in [-0.15, -0.1) is 0 Å². The number of benzene rings is 2. The van der Waals surface area contributed by atoms with Crippen molar-refractivity contribution in [3.8, 4) is 5.75 Å². The van der Waals surface area contributed by atoms with Gasteiger partial charge >= 0.3 is 6.03 Å². The number of methoxy groups -OCH3 is 1. The Labute approximate surface area is 150 Å². The lowest BCUT2D eigenvalue weighted by Crippen LogP contribution is -2.39. The zero-order valence-electron chi connectivity index (χ0n) is 14.6. The molecule has 0 aliphatic carbocycles. The molecule has 0 radical (unpaired) electrons. The van der Waals surface area contributed by atoms with Crippen molar-refractivity contribution in [3.63, 3.8) is 0 Å². The fraction of sp³-hybridized carbons (Fsp3) is 0.263. The minimum absolute atomic E-state index is 0.116. The Morgan fingerprint density at radius 2 is 1.96 bits per heavy atom. The van der Waals surface area contributed by atoms with Gasteiger partial charge in [0.1, 0.15) is 11.6 Å². The smallest absolute Gasteiger partial charge is 0.319 e. The number of nitrogens with zero attached hydrogens (tertiary/aromatic N) is 1. The van der Waals surface area contributed by atoms with Gasteiger partial charge in [0.15, 0.2) is 0 Å². The van der Waals surface area contributed by atoms with Crippen molar-refractivity contribution in [2.45, 2.75) is 19.4 Å². The third kappa shape index (κ3) is 3.93. The monoisotopic (exact) mass is 357 g/mol. The summed E-state index contributed by atoms with van der Waals surface area (Å²) in [4.78, 5) is 26.0. The predicted octanol–water partition coefficient (Wildman–Crippen LogP) is 3.07. The molecule has 2 N–H and O–H groups in total. The Morgan fingerprint density at radius 3 is 2.65 bits per heavy atom. The van der Waals surface area contributed by atoms with E-state index in [1.165, 1.54) is 24.1 Å². The van der Waals surface area contributed by atoms with Crippen LogP contribution in [0.5, 0.6) is 5.75 Å². The number of hydrogen-bond acceptors (Lipinski definition) is 3. The van der Waals surface area contributed by atoms with Gasteiger partial charge in [-0.05, 0) is 48.9 Å². The minimum Gasteiger partial charge on any atom is -0.495 e. The molecule has 1 aliphatic rings. The molecular formula is C19H20FN3O3. The van der Waals surface area contributed by atoms with Gasteiger partial charge in [-0.2, -0.15) is 0 Å². The number of rotatable bonds is 4. The van der Waals surface area contributed by atoms with Gasteiger partial charge in [-0.25, -0.2) is 9.18 Å². The molecule has 3 amide bonds. The average Bonchev–Trinajstić information content (AvgIpc) is 2.96. The molecule has 1 saturated heterocycles. The average molecular weight is 357 g/mol. The first kappa shape index (κ1) is 17.7. The second-order valence-electron chi connectivity index (χ2n) is 6.18. The molecule has 1 atom stereocenters. The molecule has 0 saturated carbocycles. The van der Waals surface area contributed by atoms with E-state index in [0.29, 0.717) is 23.7 Å². The summed E-state index contributed by atoms with van der Waals surface area (Å²) >= 11 is 0. The molecule has 0 bridgehead atoms. The Bertz CT molecular complexity index is 823. The zero-order chi connectivity index (χ0) is 18.7. The van der Waals surface area contributed by atoms with Gasteiger partial charge < -0.3 is 20.3 Å². The van der Waals surface area contributed by atoms with E-state index < -0.39 is 6.03 Å². The Morgan fingerprint density at radius 1 is 1.23 bits per heavy atom. The van der Waals surface area contributed by atoms with Crippen LogP contribution in [0.2, 0.25) is 0 Å². The van der Waals surface area contributed by atoms with Crippen molar-refractivity contribution in [3.05, 3.63) is 53.8 Å². The van der Waals surface area contributed by atoms with Crippen molar-refractivity contribution in [2.75, 3.05) is 23.9 Å². The van der Waals surface area contributed by atoms with Gasteiger partial charge in [0.05, 0.1) is 18.8 Å². The van der Waals surface area contributed by atoms with Crippen molar-refractivity contribution in [2.24, 2.45) is 0 Å². The molecular weight excluding hydrogens is 337 g/mol. The third-order valence-corrected chi connectivity index (χ3v) is 4.20. The van der Waals surface area contributed by atoms with E-state index in [1.54, 1.807) is 18.2 Å². The lowest BCUT2D eigenvalue weighted by Gasteiger charge is -2.18. The van der Waals surface area contributed by atoms with Crippen LogP contribution < -0.4 is 20.3 Å². The van der Waals surface area contributed by atoms with Crippen LogP contribution in [-0.2, 0) is 4.79 Å². The number of ether oxygens (including phenoxy) is 1. The van der Waals surface area contributed by atoms with E-state index in [4.69, 9.17) is 4.74 Å². The first-order chi connectivity index (χ1) is 12.5. The maximum Gasteiger partial charge on any atom is 0.319 e. The third-order valence-electron chi connectivity index (χ3n) is 4.20. The number of aryl methyl sites for hydroxylation is 1. The Balaban J connectivity index is 1.63. The molecule has 0 spiro atoms. The number of urea groups is 1. The molecule has 1 unspecified atom stereocenters. The van der Waals surface area contributed by atoms with Crippen LogP contribution >= 0.6 is 0 Å². The van der Waals surface area contributed by atoms with Gasteiger partial charge in [0.25, 0.3) is 0 Å². The fourth-order valence-electron chi connectivity index (χ4n) is 2.94. The summed E-state index contributed by atoms with van der Waals surface area (Å²) in [5.41, 5.74) is 2.16. The van der Waals surface area contributed by atoms with Crippen LogP contribution in [0.25, 0.3) is 0 Å².